The molecular formula is C11H15ClN2O4. The summed E-state index contributed by atoms with van der Waals surface area (Å²) < 4.78 is 0. The molecular weight excluding hydrogens is 260 g/mol. The third-order valence-corrected chi connectivity index (χ3v) is 3.00. The fraction of sp³-hybridized carbons (Fsp3) is 0.455. The van der Waals surface area contributed by atoms with Crippen LogP contribution < -0.4 is 5.32 Å². The van der Waals surface area contributed by atoms with Crippen molar-refractivity contribution in [3.8, 4) is 0 Å². The standard InChI is InChI=1S/C11H15ClN2O4/c1-11(6-15,7-16)13-5-8-2-3-9(14(17)18)4-10(8)12/h2-4,13,15-16H,5-7H2,1H3. The number of non-ortho nitro benzene ring substituents is 1. The summed E-state index contributed by atoms with van der Waals surface area (Å²) in [4.78, 5) is 10.0. The smallest absolute Gasteiger partial charge is 0.270 e. The van der Waals surface area contributed by atoms with Crippen molar-refractivity contribution >= 4 is 17.3 Å². The molecule has 0 aliphatic rings. The lowest BCUT2D eigenvalue weighted by Gasteiger charge is -2.26. The van der Waals surface area contributed by atoms with E-state index in [1.807, 2.05) is 0 Å². The summed E-state index contributed by atoms with van der Waals surface area (Å²) in [6.07, 6.45) is 0. The van der Waals surface area contributed by atoms with Crippen LogP contribution in [0.5, 0.6) is 0 Å². The van der Waals surface area contributed by atoms with E-state index >= 15 is 0 Å². The van der Waals surface area contributed by atoms with E-state index in [1.165, 1.54) is 12.1 Å². The van der Waals surface area contributed by atoms with Gasteiger partial charge in [-0.3, -0.25) is 10.1 Å². The predicted molar refractivity (Wildman–Crippen MR) is 67.5 cm³/mol. The fourth-order valence-electron chi connectivity index (χ4n) is 1.26. The lowest BCUT2D eigenvalue weighted by Crippen LogP contribution is -2.48. The van der Waals surface area contributed by atoms with E-state index in [0.717, 1.165) is 0 Å². The largest absolute Gasteiger partial charge is 0.394 e. The highest BCUT2D eigenvalue weighted by Crippen LogP contribution is 2.22. The van der Waals surface area contributed by atoms with Crippen molar-refractivity contribution in [1.82, 2.24) is 5.32 Å². The predicted octanol–water partition coefficient (Wildman–Crippen LogP) is 1.08. The number of aliphatic hydroxyl groups excluding tert-OH is 2. The molecule has 7 heteroatoms. The molecule has 0 saturated carbocycles. The van der Waals surface area contributed by atoms with Gasteiger partial charge in [0, 0.05) is 18.7 Å². The maximum atomic E-state index is 10.5. The van der Waals surface area contributed by atoms with Crippen LogP contribution in [0.1, 0.15) is 12.5 Å². The number of rotatable bonds is 6. The summed E-state index contributed by atoms with van der Waals surface area (Å²) in [7, 11) is 0. The molecule has 0 aromatic heterocycles. The van der Waals surface area contributed by atoms with Crippen molar-refractivity contribution in [2.24, 2.45) is 0 Å². The summed E-state index contributed by atoms with van der Waals surface area (Å²) in [5.41, 5.74) is -0.225. The van der Waals surface area contributed by atoms with Crippen molar-refractivity contribution in [2.75, 3.05) is 13.2 Å². The molecule has 1 aromatic rings. The summed E-state index contributed by atoms with van der Waals surface area (Å²) in [6, 6.07) is 4.18. The molecule has 0 amide bonds. The third-order valence-electron chi connectivity index (χ3n) is 2.65. The molecule has 6 nitrogen and oxygen atoms in total. The minimum Gasteiger partial charge on any atom is -0.394 e. The quantitative estimate of drug-likeness (QED) is 0.533. The molecule has 0 aliphatic carbocycles. The van der Waals surface area contributed by atoms with E-state index in [4.69, 9.17) is 21.8 Å². The molecule has 0 bridgehead atoms. The Morgan fingerprint density at radius 2 is 2.06 bits per heavy atom. The molecule has 100 valence electrons. The summed E-state index contributed by atoms with van der Waals surface area (Å²) in [5.74, 6) is 0. The van der Waals surface area contributed by atoms with Crippen LogP contribution in [0.2, 0.25) is 5.02 Å². The minimum absolute atomic E-state index is 0.0733. The second-order valence-electron chi connectivity index (χ2n) is 4.26. The molecule has 0 saturated heterocycles. The maximum Gasteiger partial charge on any atom is 0.270 e. The van der Waals surface area contributed by atoms with Gasteiger partial charge in [0.2, 0.25) is 0 Å². The zero-order valence-corrected chi connectivity index (χ0v) is 10.6. The monoisotopic (exact) mass is 274 g/mol. The fourth-order valence-corrected chi connectivity index (χ4v) is 1.51. The van der Waals surface area contributed by atoms with E-state index < -0.39 is 10.5 Å². The maximum absolute atomic E-state index is 10.5. The Labute approximate surface area is 109 Å². The topological polar surface area (TPSA) is 95.6 Å². The number of nitro benzene ring substituents is 1. The molecule has 1 aromatic carbocycles. The molecule has 0 spiro atoms. The summed E-state index contributed by atoms with van der Waals surface area (Å²) in [6.45, 7) is 1.50. The molecule has 0 radical (unpaired) electrons. The number of aliphatic hydroxyl groups is 2. The van der Waals surface area contributed by atoms with Crippen LogP contribution in [-0.2, 0) is 6.54 Å². The van der Waals surface area contributed by atoms with Crippen molar-refractivity contribution in [3.63, 3.8) is 0 Å². The van der Waals surface area contributed by atoms with Gasteiger partial charge in [0.05, 0.1) is 28.7 Å². The first-order chi connectivity index (χ1) is 8.41. The molecule has 3 N–H and O–H groups in total. The normalized spacial score (nSPS) is 11.6. The molecule has 18 heavy (non-hydrogen) atoms. The Bertz CT molecular complexity index is 435. The van der Waals surface area contributed by atoms with Crippen LogP contribution in [0.25, 0.3) is 0 Å². The van der Waals surface area contributed by atoms with E-state index in [1.54, 1.807) is 13.0 Å². The number of hydrogen-bond acceptors (Lipinski definition) is 5. The van der Waals surface area contributed by atoms with Crippen LogP contribution >= 0.6 is 11.6 Å². The van der Waals surface area contributed by atoms with Gasteiger partial charge < -0.3 is 15.5 Å². The van der Waals surface area contributed by atoms with Gasteiger partial charge in [-0.2, -0.15) is 0 Å². The van der Waals surface area contributed by atoms with Gasteiger partial charge in [-0.25, -0.2) is 0 Å². The highest BCUT2D eigenvalue weighted by molar-refractivity contribution is 6.31. The Hall–Kier alpha value is -1.21. The highest BCUT2D eigenvalue weighted by atomic mass is 35.5. The number of halogens is 1. The number of hydrogen-bond donors (Lipinski definition) is 3. The van der Waals surface area contributed by atoms with E-state index in [2.05, 4.69) is 5.32 Å². The van der Waals surface area contributed by atoms with Gasteiger partial charge in [0.25, 0.3) is 5.69 Å². The average Bonchev–Trinajstić information content (AvgIpc) is 2.36. The van der Waals surface area contributed by atoms with E-state index in [9.17, 15) is 10.1 Å². The third kappa shape index (κ3) is 3.64. The number of benzene rings is 1. The van der Waals surface area contributed by atoms with Crippen molar-refractivity contribution in [1.29, 1.82) is 0 Å². The molecule has 0 atom stereocenters. The highest BCUT2D eigenvalue weighted by Gasteiger charge is 2.21. The Morgan fingerprint density at radius 1 is 1.44 bits per heavy atom. The first-order valence-electron chi connectivity index (χ1n) is 5.31. The van der Waals surface area contributed by atoms with Gasteiger partial charge in [0.15, 0.2) is 0 Å². The number of nitro groups is 1. The van der Waals surface area contributed by atoms with Gasteiger partial charge in [0.1, 0.15) is 0 Å². The second-order valence-corrected chi connectivity index (χ2v) is 4.67. The molecule has 0 fully saturated rings. The van der Waals surface area contributed by atoms with E-state index in [-0.39, 0.29) is 23.9 Å². The molecule has 0 aliphatic heterocycles. The number of nitrogens with zero attached hydrogens (tertiary/aromatic N) is 1. The number of nitrogens with one attached hydrogen (secondary N) is 1. The zero-order chi connectivity index (χ0) is 13.8. The SMILES string of the molecule is CC(CO)(CO)NCc1ccc([N+](=O)[O-])cc1Cl. The van der Waals surface area contributed by atoms with Gasteiger partial charge in [-0.05, 0) is 18.6 Å². The van der Waals surface area contributed by atoms with Crippen LogP contribution in [0.15, 0.2) is 18.2 Å². The molecule has 0 heterocycles. The lowest BCUT2D eigenvalue weighted by atomic mass is 10.0. The van der Waals surface area contributed by atoms with Gasteiger partial charge >= 0.3 is 0 Å². The first-order valence-corrected chi connectivity index (χ1v) is 5.69. The van der Waals surface area contributed by atoms with Gasteiger partial charge in [-0.15, -0.1) is 0 Å². The average molecular weight is 275 g/mol. The van der Waals surface area contributed by atoms with Crippen LogP contribution in [-0.4, -0.2) is 33.9 Å². The molecule has 0 unspecified atom stereocenters. The lowest BCUT2D eigenvalue weighted by molar-refractivity contribution is -0.384. The van der Waals surface area contributed by atoms with Crippen LogP contribution in [0, 0.1) is 10.1 Å². The van der Waals surface area contributed by atoms with Crippen molar-refractivity contribution in [2.45, 2.75) is 19.0 Å². The van der Waals surface area contributed by atoms with Crippen LogP contribution in [0.4, 0.5) is 5.69 Å². The van der Waals surface area contributed by atoms with Crippen LogP contribution in [0.3, 0.4) is 0 Å². The van der Waals surface area contributed by atoms with Gasteiger partial charge in [-0.1, -0.05) is 11.6 Å². The summed E-state index contributed by atoms with van der Waals surface area (Å²) in [5, 5.41) is 32.0. The molecule has 1 rings (SSSR count). The van der Waals surface area contributed by atoms with E-state index in [0.29, 0.717) is 12.1 Å². The first kappa shape index (κ1) is 14.8. The zero-order valence-electron chi connectivity index (χ0n) is 9.89. The Kier molecular flexibility index (Phi) is 5.03. The Balaban J connectivity index is 2.77. The van der Waals surface area contributed by atoms with Crippen molar-refractivity contribution in [3.05, 3.63) is 38.9 Å². The summed E-state index contributed by atoms with van der Waals surface area (Å²) >= 11 is 5.92. The minimum atomic E-state index is -0.814. The second kappa shape index (κ2) is 6.10. The van der Waals surface area contributed by atoms with Crippen molar-refractivity contribution < 1.29 is 15.1 Å². The Morgan fingerprint density at radius 3 is 2.50 bits per heavy atom.